The van der Waals surface area contributed by atoms with Gasteiger partial charge < -0.3 is 15.2 Å². The predicted molar refractivity (Wildman–Crippen MR) is 83.6 cm³/mol. The Kier molecular flexibility index (Phi) is 6.24. The average molecular weight is 311 g/mol. The van der Waals surface area contributed by atoms with E-state index >= 15 is 0 Å². The van der Waals surface area contributed by atoms with E-state index in [1.165, 1.54) is 19.3 Å². The summed E-state index contributed by atoms with van der Waals surface area (Å²) in [5.74, 6) is -0.973. The monoisotopic (exact) mass is 311 g/mol. The highest BCUT2D eigenvalue weighted by Gasteiger charge is 2.39. The van der Waals surface area contributed by atoms with Gasteiger partial charge in [-0.1, -0.05) is 39.0 Å². The lowest BCUT2D eigenvalue weighted by molar-refractivity contribution is -0.143. The Morgan fingerprint density at radius 2 is 1.82 bits per heavy atom. The van der Waals surface area contributed by atoms with Crippen molar-refractivity contribution in [1.82, 2.24) is 5.32 Å². The second kappa shape index (κ2) is 7.95. The van der Waals surface area contributed by atoms with Crippen LogP contribution in [0.25, 0.3) is 0 Å². The minimum Gasteiger partial charge on any atom is -0.481 e. The number of hydrogen-bond acceptors (Lipinski definition) is 3. The molecule has 0 radical (unpaired) electrons. The van der Waals surface area contributed by atoms with Gasteiger partial charge in [0, 0.05) is 0 Å². The molecule has 5 heteroatoms. The third-order valence-corrected chi connectivity index (χ3v) is 5.01. The van der Waals surface area contributed by atoms with Gasteiger partial charge in [0.1, 0.15) is 6.10 Å². The van der Waals surface area contributed by atoms with Crippen LogP contribution >= 0.6 is 0 Å². The van der Waals surface area contributed by atoms with E-state index in [2.05, 4.69) is 5.32 Å². The molecule has 1 amide bonds. The minimum absolute atomic E-state index is 0.0125. The molecule has 0 aliphatic heterocycles. The molecule has 2 N–H and O–H groups in total. The zero-order valence-corrected chi connectivity index (χ0v) is 13.6. The molecule has 0 aromatic carbocycles. The first kappa shape index (κ1) is 17.3. The Morgan fingerprint density at radius 1 is 1.18 bits per heavy atom. The number of ether oxygens (including phenoxy) is 1. The second-order valence-electron chi connectivity index (χ2n) is 6.84. The van der Waals surface area contributed by atoms with E-state index in [1.54, 1.807) is 0 Å². The van der Waals surface area contributed by atoms with Gasteiger partial charge in [-0.25, -0.2) is 0 Å². The summed E-state index contributed by atoms with van der Waals surface area (Å²) < 4.78 is 6.00. The van der Waals surface area contributed by atoms with Crippen LogP contribution in [0.3, 0.4) is 0 Å². The van der Waals surface area contributed by atoms with Crippen molar-refractivity contribution in [3.05, 3.63) is 0 Å². The Morgan fingerprint density at radius 3 is 2.36 bits per heavy atom. The van der Waals surface area contributed by atoms with Crippen LogP contribution in [0.1, 0.15) is 77.6 Å². The highest BCUT2D eigenvalue weighted by molar-refractivity contribution is 5.82. The smallest absolute Gasteiger partial charge is 0.305 e. The number of rotatable bonds is 7. The van der Waals surface area contributed by atoms with Crippen molar-refractivity contribution >= 4 is 11.9 Å². The van der Waals surface area contributed by atoms with Gasteiger partial charge in [0.15, 0.2) is 0 Å². The fourth-order valence-electron chi connectivity index (χ4n) is 3.81. The van der Waals surface area contributed by atoms with Gasteiger partial charge >= 0.3 is 5.97 Å². The summed E-state index contributed by atoms with van der Waals surface area (Å²) >= 11 is 0. The molecule has 2 fully saturated rings. The van der Waals surface area contributed by atoms with Crippen molar-refractivity contribution in [2.24, 2.45) is 0 Å². The number of carbonyl (C=O) groups excluding carboxylic acids is 1. The molecule has 2 rings (SSSR count). The van der Waals surface area contributed by atoms with Gasteiger partial charge in [0.25, 0.3) is 0 Å². The maximum absolute atomic E-state index is 12.6. The first-order chi connectivity index (χ1) is 10.5. The molecular weight excluding hydrogens is 282 g/mol. The van der Waals surface area contributed by atoms with E-state index in [0.29, 0.717) is 6.42 Å². The number of hydrogen-bond donors (Lipinski definition) is 2. The zero-order chi connectivity index (χ0) is 16.0. The van der Waals surface area contributed by atoms with Crippen LogP contribution in [-0.4, -0.2) is 34.7 Å². The molecule has 22 heavy (non-hydrogen) atoms. The van der Waals surface area contributed by atoms with Crippen LogP contribution in [0, 0.1) is 0 Å². The predicted octanol–water partition coefficient (Wildman–Crippen LogP) is 3.02. The Hall–Kier alpha value is -1.10. The van der Waals surface area contributed by atoms with Crippen molar-refractivity contribution in [3.63, 3.8) is 0 Å². The number of aliphatic carboxylic acids is 1. The number of carboxylic acids is 1. The van der Waals surface area contributed by atoms with E-state index in [0.717, 1.165) is 38.5 Å². The fourth-order valence-corrected chi connectivity index (χ4v) is 3.81. The molecular formula is C17H29NO4. The topological polar surface area (TPSA) is 75.6 Å². The summed E-state index contributed by atoms with van der Waals surface area (Å²) in [4.78, 5) is 23.7. The van der Waals surface area contributed by atoms with Crippen LogP contribution < -0.4 is 5.32 Å². The van der Waals surface area contributed by atoms with E-state index < -0.39 is 17.6 Å². The molecule has 0 aromatic heterocycles. The molecule has 0 bridgehead atoms. The summed E-state index contributed by atoms with van der Waals surface area (Å²) in [6.07, 6.45) is 9.51. The van der Waals surface area contributed by atoms with Crippen LogP contribution in [0.2, 0.25) is 0 Å². The second-order valence-corrected chi connectivity index (χ2v) is 6.84. The van der Waals surface area contributed by atoms with Gasteiger partial charge in [0.2, 0.25) is 5.91 Å². The Balaban J connectivity index is 1.93. The minimum atomic E-state index is -0.844. The molecule has 2 aliphatic carbocycles. The number of amides is 1. The normalized spacial score (nSPS) is 23.1. The summed E-state index contributed by atoms with van der Waals surface area (Å²) in [6.45, 7) is 1.95. The van der Waals surface area contributed by atoms with Gasteiger partial charge in [-0.15, -0.1) is 0 Å². The highest BCUT2D eigenvalue weighted by Crippen LogP contribution is 2.33. The van der Waals surface area contributed by atoms with Crippen molar-refractivity contribution < 1.29 is 19.4 Å². The summed E-state index contributed by atoms with van der Waals surface area (Å²) in [5.41, 5.74) is -0.563. The van der Waals surface area contributed by atoms with Gasteiger partial charge in [-0.2, -0.15) is 0 Å². The molecule has 0 saturated heterocycles. The number of carboxylic acid groups (broad SMARTS) is 1. The molecule has 1 unspecified atom stereocenters. The zero-order valence-electron chi connectivity index (χ0n) is 13.6. The average Bonchev–Trinajstić information content (AvgIpc) is 2.92. The molecule has 2 aliphatic rings. The molecule has 0 spiro atoms. The molecule has 0 aromatic rings. The summed E-state index contributed by atoms with van der Waals surface area (Å²) in [5, 5.41) is 12.1. The first-order valence-electron chi connectivity index (χ1n) is 8.74. The van der Waals surface area contributed by atoms with E-state index in [-0.39, 0.29) is 18.4 Å². The van der Waals surface area contributed by atoms with Crippen LogP contribution in [-0.2, 0) is 14.3 Å². The fraction of sp³-hybridized carbons (Fsp3) is 0.882. The van der Waals surface area contributed by atoms with E-state index in [1.807, 2.05) is 6.92 Å². The third kappa shape index (κ3) is 4.70. The number of nitrogens with one attached hydrogen (secondary N) is 1. The molecule has 126 valence electrons. The summed E-state index contributed by atoms with van der Waals surface area (Å²) in [6, 6.07) is 0. The lowest BCUT2D eigenvalue weighted by Crippen LogP contribution is -2.52. The van der Waals surface area contributed by atoms with Crippen LogP contribution in [0.15, 0.2) is 0 Å². The summed E-state index contributed by atoms with van der Waals surface area (Å²) in [7, 11) is 0. The molecule has 2 saturated carbocycles. The molecule has 5 nitrogen and oxygen atoms in total. The quantitative estimate of drug-likeness (QED) is 0.758. The first-order valence-corrected chi connectivity index (χ1v) is 8.74. The van der Waals surface area contributed by atoms with Crippen molar-refractivity contribution in [1.29, 1.82) is 0 Å². The number of carbonyl (C=O) groups is 2. The maximum Gasteiger partial charge on any atom is 0.305 e. The largest absolute Gasteiger partial charge is 0.481 e. The standard InChI is InChI=1S/C17H29NO4/c1-2-14(22-13-8-4-3-5-9-13)16(21)18-17(12-15(19)20)10-6-7-11-17/h13-14H,2-12H2,1H3,(H,18,21)(H,19,20). The van der Waals surface area contributed by atoms with Crippen LogP contribution in [0.4, 0.5) is 0 Å². The van der Waals surface area contributed by atoms with Crippen molar-refractivity contribution in [3.8, 4) is 0 Å². The van der Waals surface area contributed by atoms with Crippen molar-refractivity contribution in [2.45, 2.75) is 95.3 Å². The molecule has 1 atom stereocenters. The van der Waals surface area contributed by atoms with E-state index in [4.69, 9.17) is 9.84 Å². The van der Waals surface area contributed by atoms with Crippen molar-refractivity contribution in [2.75, 3.05) is 0 Å². The van der Waals surface area contributed by atoms with E-state index in [9.17, 15) is 9.59 Å². The lowest BCUT2D eigenvalue weighted by atomic mass is 9.92. The van der Waals surface area contributed by atoms with Gasteiger partial charge in [-0.3, -0.25) is 9.59 Å². The Labute approximate surface area is 132 Å². The van der Waals surface area contributed by atoms with Gasteiger partial charge in [0.05, 0.1) is 18.1 Å². The Bertz CT molecular complexity index is 384. The third-order valence-electron chi connectivity index (χ3n) is 5.01. The maximum atomic E-state index is 12.6. The highest BCUT2D eigenvalue weighted by atomic mass is 16.5. The van der Waals surface area contributed by atoms with Gasteiger partial charge in [-0.05, 0) is 32.1 Å². The molecule has 0 heterocycles. The lowest BCUT2D eigenvalue weighted by Gasteiger charge is -2.32. The van der Waals surface area contributed by atoms with Crippen LogP contribution in [0.5, 0.6) is 0 Å². The SMILES string of the molecule is CCC(OC1CCCCC1)C(=O)NC1(CC(=O)O)CCCC1.